The Morgan fingerprint density at radius 1 is 0.218 bits per heavy atom. The molecule has 6 heteroatoms. The lowest BCUT2D eigenvalue weighted by atomic mass is 10.0. The number of benzene rings is 12. The predicted molar refractivity (Wildman–Crippen MR) is 329 cm³/mol. The highest BCUT2D eigenvalue weighted by Crippen LogP contribution is 2.43. The van der Waals surface area contributed by atoms with Crippen LogP contribution in [0.3, 0.4) is 0 Å². The fourth-order valence-electron chi connectivity index (χ4n) is 13.3. The van der Waals surface area contributed by atoms with Crippen LogP contribution in [-0.2, 0) is 0 Å². The van der Waals surface area contributed by atoms with Gasteiger partial charge >= 0.3 is 0 Å². The van der Waals surface area contributed by atoms with Crippen molar-refractivity contribution in [2.24, 2.45) is 0 Å². The number of fused-ring (bicyclic) bond motifs is 18. The van der Waals surface area contributed by atoms with Crippen LogP contribution in [0.2, 0.25) is 0 Å². The zero-order valence-corrected chi connectivity index (χ0v) is 42.7. The molecule has 0 aliphatic rings. The number of nitrogens with zero attached hydrogens (tertiary/aromatic N) is 4. The Kier molecular flexibility index (Phi) is 8.49. The van der Waals surface area contributed by atoms with Crippen molar-refractivity contribution >= 4 is 141 Å². The minimum absolute atomic E-state index is 0.874. The van der Waals surface area contributed by atoms with E-state index in [0.717, 1.165) is 44.5 Å². The third kappa shape index (κ3) is 5.84. The van der Waals surface area contributed by atoms with Crippen molar-refractivity contribution in [3.05, 3.63) is 255 Å². The Labute approximate surface area is 449 Å². The van der Waals surface area contributed by atoms with Gasteiger partial charge in [-0.1, -0.05) is 121 Å². The van der Waals surface area contributed by atoms with Gasteiger partial charge < -0.3 is 22.7 Å². The minimum Gasteiger partial charge on any atom is -0.456 e. The van der Waals surface area contributed by atoms with Gasteiger partial charge in [0.05, 0.1) is 44.1 Å². The van der Waals surface area contributed by atoms with Crippen molar-refractivity contribution in [1.29, 1.82) is 0 Å². The van der Waals surface area contributed by atoms with E-state index in [2.05, 4.69) is 273 Å². The number of rotatable bonds is 5. The number of hydrogen-bond acceptors (Lipinski definition) is 2. The highest BCUT2D eigenvalue weighted by Gasteiger charge is 2.20. The van der Waals surface area contributed by atoms with Gasteiger partial charge in [0.2, 0.25) is 0 Å². The molecule has 0 radical (unpaired) electrons. The van der Waals surface area contributed by atoms with Crippen LogP contribution in [0.4, 0.5) is 0 Å². The molecule has 362 valence electrons. The Balaban J connectivity index is 0.750. The molecule has 0 saturated heterocycles. The first kappa shape index (κ1) is 42.1. The molecule has 6 heterocycles. The molecule has 0 aliphatic heterocycles. The molecule has 12 aromatic carbocycles. The van der Waals surface area contributed by atoms with E-state index in [0.29, 0.717) is 0 Å². The summed E-state index contributed by atoms with van der Waals surface area (Å²) in [7, 11) is 0. The normalized spacial score (nSPS) is 12.4. The van der Waals surface area contributed by atoms with Gasteiger partial charge in [0.25, 0.3) is 0 Å². The summed E-state index contributed by atoms with van der Waals surface area (Å²) in [6.45, 7) is 0. The second-order valence-corrected chi connectivity index (χ2v) is 21.9. The topological polar surface area (TPSA) is 32.9 Å². The molecule has 18 rings (SSSR count). The van der Waals surface area contributed by atoms with Gasteiger partial charge in [-0.05, 0) is 145 Å². The summed E-state index contributed by atoms with van der Waals surface area (Å²) in [5.41, 5.74) is 18.2. The second-order valence-electron chi connectivity index (χ2n) is 20.8. The Morgan fingerprint density at radius 2 is 0.500 bits per heavy atom. The van der Waals surface area contributed by atoms with Crippen molar-refractivity contribution in [3.63, 3.8) is 0 Å². The molecule has 0 N–H and O–H groups in total. The summed E-state index contributed by atoms with van der Waals surface area (Å²) < 4.78 is 18.8. The van der Waals surface area contributed by atoms with E-state index in [-0.39, 0.29) is 0 Å². The van der Waals surface area contributed by atoms with Crippen LogP contribution in [0.5, 0.6) is 0 Å². The number of hydrogen-bond donors (Lipinski definition) is 0. The van der Waals surface area contributed by atoms with Crippen molar-refractivity contribution < 1.29 is 4.42 Å². The van der Waals surface area contributed by atoms with Crippen molar-refractivity contribution in [3.8, 4) is 33.9 Å². The van der Waals surface area contributed by atoms with E-state index in [9.17, 15) is 0 Å². The molecule has 0 saturated carbocycles. The van der Waals surface area contributed by atoms with Crippen LogP contribution in [0, 0.1) is 0 Å². The highest BCUT2D eigenvalue weighted by molar-refractivity contribution is 7.25. The molecule has 0 amide bonds. The van der Waals surface area contributed by atoms with Gasteiger partial charge in [-0.2, -0.15) is 0 Å². The van der Waals surface area contributed by atoms with Gasteiger partial charge in [0.1, 0.15) is 11.2 Å². The average Bonchev–Trinajstić information content (AvgIpc) is 4.48. The fourth-order valence-corrected chi connectivity index (χ4v) is 14.4. The number of para-hydroxylation sites is 6. The largest absolute Gasteiger partial charge is 0.456 e. The van der Waals surface area contributed by atoms with E-state index in [1.165, 1.54) is 119 Å². The molecule has 0 atom stereocenters. The molecular formula is C72H42N4OS. The van der Waals surface area contributed by atoms with E-state index in [1.807, 2.05) is 11.3 Å². The van der Waals surface area contributed by atoms with Crippen LogP contribution in [0.15, 0.2) is 259 Å². The predicted octanol–water partition coefficient (Wildman–Crippen LogP) is 20.0. The quantitative estimate of drug-likeness (QED) is 0.169. The van der Waals surface area contributed by atoms with Gasteiger partial charge in [-0.25, -0.2) is 0 Å². The highest BCUT2D eigenvalue weighted by atomic mass is 32.1. The molecule has 6 aromatic heterocycles. The fraction of sp³-hybridized carbons (Fsp3) is 0. The molecule has 0 aliphatic carbocycles. The lowest BCUT2D eigenvalue weighted by molar-refractivity contribution is 0.669. The third-order valence-electron chi connectivity index (χ3n) is 16.7. The molecule has 5 nitrogen and oxygen atoms in total. The van der Waals surface area contributed by atoms with Crippen molar-refractivity contribution in [2.45, 2.75) is 0 Å². The summed E-state index contributed by atoms with van der Waals surface area (Å²) in [5.74, 6) is 0. The molecule has 0 spiro atoms. The molecule has 0 unspecified atom stereocenters. The van der Waals surface area contributed by atoms with E-state index >= 15 is 0 Å². The summed E-state index contributed by atoms with van der Waals surface area (Å²) in [4.78, 5) is 0. The smallest absolute Gasteiger partial charge is 0.135 e. The molecule has 0 bridgehead atoms. The van der Waals surface area contributed by atoms with Crippen LogP contribution in [-0.4, -0.2) is 18.3 Å². The average molecular weight is 1010 g/mol. The number of thiophene rings is 1. The first-order valence-electron chi connectivity index (χ1n) is 26.6. The standard InChI is InChI=1S/C72H42N4OS/c1-7-19-61-49(13-1)50-14-2-8-20-62(50)73(61)45-27-33-69-57(39-45)58-40-46(28-34-70(58)77-69)75-65-23-11-5-17-53(65)55-37-43(25-31-67(55)75)44-26-32-68-56(38-44)54-18-6-12-24-66(54)76(68)48-30-36-72-60(42-48)59-41-47(29-35-71(59)78-72)74-63-21-9-3-15-51(63)52-16-4-10-22-64(52)74/h1-42H. The van der Waals surface area contributed by atoms with E-state index < -0.39 is 0 Å². The van der Waals surface area contributed by atoms with E-state index in [4.69, 9.17) is 4.42 Å². The minimum atomic E-state index is 0.874. The number of aromatic nitrogens is 4. The van der Waals surface area contributed by atoms with Crippen LogP contribution >= 0.6 is 11.3 Å². The van der Waals surface area contributed by atoms with Crippen LogP contribution in [0.1, 0.15) is 0 Å². The zero-order chi connectivity index (χ0) is 50.7. The third-order valence-corrected chi connectivity index (χ3v) is 17.9. The zero-order valence-electron chi connectivity index (χ0n) is 41.9. The Bertz CT molecular complexity index is 5140. The Hall–Kier alpha value is -10.1. The van der Waals surface area contributed by atoms with Gasteiger partial charge in [0, 0.05) is 96.8 Å². The first-order valence-corrected chi connectivity index (χ1v) is 27.5. The molecule has 0 fully saturated rings. The monoisotopic (exact) mass is 1010 g/mol. The lowest BCUT2D eigenvalue weighted by Crippen LogP contribution is -1.94. The Morgan fingerprint density at radius 3 is 0.846 bits per heavy atom. The maximum atomic E-state index is 6.54. The second kappa shape index (κ2) is 15.7. The SMILES string of the molecule is c1ccc2c(c1)c1ccccc1n2-c1ccc2oc3ccc(-n4c5ccccc5c5cc(-c6ccc7c(c6)c6ccccc6n7-c6ccc7sc8ccc(-n9c%10ccccc%10c%10ccccc%109)cc8c7c6)ccc54)cc3c2c1. The summed E-state index contributed by atoms with van der Waals surface area (Å²) in [6, 6.07) is 93.8. The maximum absolute atomic E-state index is 6.54. The van der Waals surface area contributed by atoms with Crippen molar-refractivity contribution in [2.75, 3.05) is 0 Å². The van der Waals surface area contributed by atoms with Crippen LogP contribution < -0.4 is 0 Å². The molecular weight excluding hydrogens is 969 g/mol. The maximum Gasteiger partial charge on any atom is 0.135 e. The van der Waals surface area contributed by atoms with Gasteiger partial charge in [-0.3, -0.25) is 0 Å². The van der Waals surface area contributed by atoms with Crippen LogP contribution in [0.25, 0.3) is 163 Å². The lowest BCUT2D eigenvalue weighted by Gasteiger charge is -2.10. The van der Waals surface area contributed by atoms with Gasteiger partial charge in [-0.15, -0.1) is 11.3 Å². The summed E-state index contributed by atoms with van der Waals surface area (Å²) >= 11 is 1.87. The first-order chi connectivity index (χ1) is 38.7. The van der Waals surface area contributed by atoms with Gasteiger partial charge in [0.15, 0.2) is 0 Å². The van der Waals surface area contributed by atoms with E-state index in [1.54, 1.807) is 0 Å². The molecule has 78 heavy (non-hydrogen) atoms. The summed E-state index contributed by atoms with van der Waals surface area (Å²) in [5, 5.41) is 14.7. The molecule has 18 aromatic rings. The number of furan rings is 1. The van der Waals surface area contributed by atoms with Crippen molar-refractivity contribution in [1.82, 2.24) is 18.3 Å². The summed E-state index contributed by atoms with van der Waals surface area (Å²) in [6.07, 6.45) is 0.